The van der Waals surface area contributed by atoms with Crippen LogP contribution in [0.1, 0.15) is 21.5 Å². The highest BCUT2D eigenvalue weighted by Crippen LogP contribution is 2.29. The summed E-state index contributed by atoms with van der Waals surface area (Å²) >= 11 is 1.07. The third-order valence-electron chi connectivity index (χ3n) is 4.28. The van der Waals surface area contributed by atoms with E-state index in [1.807, 2.05) is 49.4 Å². The third kappa shape index (κ3) is 5.87. The Labute approximate surface area is 181 Å². The third-order valence-corrected chi connectivity index (χ3v) is 5.40. The second kappa shape index (κ2) is 9.98. The van der Waals surface area contributed by atoms with Gasteiger partial charge >= 0.3 is 0 Å². The van der Waals surface area contributed by atoms with Gasteiger partial charge in [-0.15, -0.1) is 0 Å². The Morgan fingerprint density at radius 2 is 1.73 bits per heavy atom. The van der Waals surface area contributed by atoms with Crippen LogP contribution in [0.4, 0.5) is 10.5 Å². The molecule has 0 saturated heterocycles. The maximum Gasteiger partial charge on any atom is 0.286 e. The van der Waals surface area contributed by atoms with E-state index in [2.05, 4.69) is 11.4 Å². The Kier molecular flexibility index (Phi) is 7.14. The molecular formula is C24H24N2O3S. The summed E-state index contributed by atoms with van der Waals surface area (Å²) in [6, 6.07) is 22.4. The van der Waals surface area contributed by atoms with Crippen molar-refractivity contribution in [1.82, 2.24) is 4.90 Å². The molecule has 1 N–H and O–H groups in total. The first-order chi connectivity index (χ1) is 14.4. The molecule has 0 aliphatic carbocycles. The average molecular weight is 421 g/mol. The summed E-state index contributed by atoms with van der Waals surface area (Å²) in [5.41, 5.74) is 3.32. The zero-order chi connectivity index (χ0) is 21.5. The van der Waals surface area contributed by atoms with E-state index >= 15 is 0 Å². The Bertz CT molecular complexity index is 1050. The maximum atomic E-state index is 12.8. The number of carbonyl (C=O) groups excluding carboxylic acids is 2. The molecule has 154 valence electrons. The number of aryl methyl sites for hydroxylation is 1. The minimum absolute atomic E-state index is 0.108. The molecule has 6 heteroatoms. The van der Waals surface area contributed by atoms with Crippen molar-refractivity contribution < 1.29 is 14.3 Å². The second-order valence-corrected chi connectivity index (χ2v) is 8.01. The number of anilines is 1. The lowest BCUT2D eigenvalue weighted by Crippen LogP contribution is -2.17. The van der Waals surface area contributed by atoms with Crippen molar-refractivity contribution in [2.75, 3.05) is 19.4 Å². The summed E-state index contributed by atoms with van der Waals surface area (Å²) in [4.78, 5) is 27.0. The van der Waals surface area contributed by atoms with Gasteiger partial charge in [0.2, 0.25) is 0 Å². The molecule has 5 nitrogen and oxygen atoms in total. The molecule has 3 aromatic carbocycles. The topological polar surface area (TPSA) is 58.6 Å². The molecule has 0 aliphatic heterocycles. The smallest absolute Gasteiger partial charge is 0.286 e. The summed E-state index contributed by atoms with van der Waals surface area (Å²) < 4.78 is 5.86. The summed E-state index contributed by atoms with van der Waals surface area (Å²) in [7, 11) is 3.39. The molecule has 0 bridgehead atoms. The number of ether oxygens (including phenoxy) is 1. The van der Waals surface area contributed by atoms with Gasteiger partial charge in [-0.05, 0) is 54.6 Å². The fourth-order valence-corrected chi connectivity index (χ4v) is 3.48. The fraction of sp³-hybridized carbons (Fsp3) is 0.167. The highest BCUT2D eigenvalue weighted by Gasteiger charge is 2.14. The number of amides is 2. The quantitative estimate of drug-likeness (QED) is 0.527. The number of hydrogen-bond acceptors (Lipinski definition) is 4. The second-order valence-electron chi connectivity index (χ2n) is 7.02. The van der Waals surface area contributed by atoms with E-state index in [1.54, 1.807) is 38.4 Å². The van der Waals surface area contributed by atoms with Crippen molar-refractivity contribution >= 4 is 28.6 Å². The van der Waals surface area contributed by atoms with Crippen molar-refractivity contribution in [3.8, 4) is 5.75 Å². The van der Waals surface area contributed by atoms with E-state index in [1.165, 1.54) is 10.5 Å². The van der Waals surface area contributed by atoms with Gasteiger partial charge in [0.1, 0.15) is 12.4 Å². The zero-order valence-electron chi connectivity index (χ0n) is 17.2. The first-order valence-electron chi connectivity index (χ1n) is 9.50. The lowest BCUT2D eigenvalue weighted by Gasteiger charge is -2.13. The van der Waals surface area contributed by atoms with Gasteiger partial charge in [-0.2, -0.15) is 0 Å². The van der Waals surface area contributed by atoms with Gasteiger partial charge in [-0.1, -0.05) is 48.0 Å². The van der Waals surface area contributed by atoms with E-state index < -0.39 is 0 Å². The van der Waals surface area contributed by atoms with E-state index in [0.29, 0.717) is 28.5 Å². The van der Waals surface area contributed by atoms with Crippen LogP contribution in [0.5, 0.6) is 5.75 Å². The highest BCUT2D eigenvalue weighted by molar-refractivity contribution is 8.13. The van der Waals surface area contributed by atoms with Crippen molar-refractivity contribution in [3.63, 3.8) is 0 Å². The average Bonchev–Trinajstić information content (AvgIpc) is 2.74. The summed E-state index contributed by atoms with van der Waals surface area (Å²) in [6.45, 7) is 2.47. The van der Waals surface area contributed by atoms with Gasteiger partial charge in [0.25, 0.3) is 11.1 Å². The van der Waals surface area contributed by atoms with Crippen LogP contribution in [0.3, 0.4) is 0 Å². The van der Waals surface area contributed by atoms with Crippen molar-refractivity contribution in [2.45, 2.75) is 18.4 Å². The first kappa shape index (κ1) is 21.5. The standard InChI is InChI=1S/C24H24N2O3S/c1-17-8-6-9-18(14-17)16-29-20-11-7-10-19(15-20)23(27)25-21-12-4-5-13-22(21)30-24(28)26(2)3/h4-15H,16H2,1-3H3,(H,25,27). The van der Waals surface area contributed by atoms with Crippen LogP contribution in [0, 0.1) is 6.92 Å². The molecule has 0 spiro atoms. The van der Waals surface area contributed by atoms with Gasteiger partial charge < -0.3 is 15.0 Å². The Hall–Kier alpha value is -3.25. The maximum absolute atomic E-state index is 12.8. The summed E-state index contributed by atoms with van der Waals surface area (Å²) in [5.74, 6) is 0.357. The molecule has 3 aromatic rings. The summed E-state index contributed by atoms with van der Waals surface area (Å²) in [5, 5.41) is 2.79. The van der Waals surface area contributed by atoms with Crippen molar-refractivity contribution in [1.29, 1.82) is 0 Å². The molecule has 0 radical (unpaired) electrons. The van der Waals surface area contributed by atoms with E-state index in [-0.39, 0.29) is 11.1 Å². The number of rotatable bonds is 6. The minimum Gasteiger partial charge on any atom is -0.489 e. The normalized spacial score (nSPS) is 10.4. The van der Waals surface area contributed by atoms with Crippen LogP contribution in [0.2, 0.25) is 0 Å². The first-order valence-corrected chi connectivity index (χ1v) is 10.3. The number of nitrogens with zero attached hydrogens (tertiary/aromatic N) is 1. The van der Waals surface area contributed by atoms with Gasteiger partial charge in [-0.25, -0.2) is 0 Å². The Balaban J connectivity index is 1.69. The molecule has 3 rings (SSSR count). The molecule has 0 aliphatic rings. The molecule has 0 atom stereocenters. The van der Waals surface area contributed by atoms with Gasteiger partial charge in [-0.3, -0.25) is 9.59 Å². The largest absolute Gasteiger partial charge is 0.489 e. The van der Waals surface area contributed by atoms with Crippen LogP contribution >= 0.6 is 11.8 Å². The fourth-order valence-electron chi connectivity index (χ4n) is 2.73. The van der Waals surface area contributed by atoms with Gasteiger partial charge in [0, 0.05) is 24.6 Å². The molecule has 0 unspecified atom stereocenters. The van der Waals surface area contributed by atoms with E-state index in [9.17, 15) is 9.59 Å². The Morgan fingerprint density at radius 3 is 2.50 bits per heavy atom. The van der Waals surface area contributed by atoms with Crippen molar-refractivity contribution in [2.24, 2.45) is 0 Å². The number of thioether (sulfide) groups is 1. The molecule has 2 amide bonds. The van der Waals surface area contributed by atoms with Crippen LogP contribution < -0.4 is 10.1 Å². The lowest BCUT2D eigenvalue weighted by molar-refractivity contribution is 0.102. The number of para-hydroxylation sites is 1. The molecule has 0 fully saturated rings. The number of hydrogen-bond donors (Lipinski definition) is 1. The minimum atomic E-state index is -0.263. The van der Waals surface area contributed by atoms with Gasteiger partial charge in [0.15, 0.2) is 0 Å². The molecular weight excluding hydrogens is 396 g/mol. The summed E-state index contributed by atoms with van der Waals surface area (Å²) in [6.07, 6.45) is 0. The van der Waals surface area contributed by atoms with E-state index in [0.717, 1.165) is 17.3 Å². The lowest BCUT2D eigenvalue weighted by atomic mass is 10.1. The molecule has 30 heavy (non-hydrogen) atoms. The number of benzene rings is 3. The molecule has 0 heterocycles. The Morgan fingerprint density at radius 1 is 0.967 bits per heavy atom. The predicted octanol–water partition coefficient (Wildman–Crippen LogP) is 5.60. The van der Waals surface area contributed by atoms with Crippen LogP contribution in [0.15, 0.2) is 77.7 Å². The monoisotopic (exact) mass is 420 g/mol. The van der Waals surface area contributed by atoms with Crippen LogP contribution in [-0.4, -0.2) is 30.1 Å². The molecule has 0 aromatic heterocycles. The van der Waals surface area contributed by atoms with Crippen LogP contribution in [0.25, 0.3) is 0 Å². The number of nitrogens with one attached hydrogen (secondary N) is 1. The predicted molar refractivity (Wildman–Crippen MR) is 121 cm³/mol. The van der Waals surface area contributed by atoms with Gasteiger partial charge in [0.05, 0.1) is 5.69 Å². The highest BCUT2D eigenvalue weighted by atomic mass is 32.2. The van der Waals surface area contributed by atoms with Crippen LogP contribution in [-0.2, 0) is 6.61 Å². The van der Waals surface area contributed by atoms with Crippen molar-refractivity contribution in [3.05, 3.63) is 89.5 Å². The zero-order valence-corrected chi connectivity index (χ0v) is 18.0. The van der Waals surface area contributed by atoms with E-state index in [4.69, 9.17) is 4.74 Å². The SMILES string of the molecule is Cc1cccc(COc2cccc(C(=O)Nc3ccccc3SC(=O)N(C)C)c2)c1. The number of carbonyl (C=O) groups is 2. The molecule has 0 saturated carbocycles.